The van der Waals surface area contributed by atoms with E-state index in [9.17, 15) is 4.79 Å². The van der Waals surface area contributed by atoms with Crippen molar-refractivity contribution in [3.8, 4) is 0 Å². The smallest absolute Gasteiger partial charge is 0.238 e. The molecule has 1 amide bonds. The molecule has 5 nitrogen and oxygen atoms in total. The van der Waals surface area contributed by atoms with E-state index in [0.717, 1.165) is 0 Å². The van der Waals surface area contributed by atoms with Crippen LogP contribution in [0.2, 0.25) is 5.15 Å². The largest absolute Gasteiger partial charge is 0.321 e. The molecule has 0 aliphatic carbocycles. The second-order valence-electron chi connectivity index (χ2n) is 2.55. The van der Waals surface area contributed by atoms with Crippen molar-refractivity contribution in [3.63, 3.8) is 0 Å². The summed E-state index contributed by atoms with van der Waals surface area (Å²) in [5, 5.41) is 9.65. The van der Waals surface area contributed by atoms with E-state index in [-0.39, 0.29) is 12.5 Å². The van der Waals surface area contributed by atoms with Crippen LogP contribution in [0.15, 0.2) is 6.20 Å². The molecule has 0 aliphatic heterocycles. The number of amides is 1. The van der Waals surface area contributed by atoms with Crippen LogP contribution in [-0.4, -0.2) is 29.3 Å². The normalized spacial score (nSPS) is 10.1. The zero-order valence-corrected chi connectivity index (χ0v) is 8.22. The van der Waals surface area contributed by atoms with Gasteiger partial charge in [-0.15, -0.1) is 0 Å². The molecule has 0 radical (unpaired) electrons. The summed E-state index contributed by atoms with van der Waals surface area (Å²) in [5.74, 6) is -0.141. The van der Waals surface area contributed by atoms with Crippen molar-refractivity contribution in [3.05, 3.63) is 11.3 Å². The summed E-state index contributed by atoms with van der Waals surface area (Å²) >= 11 is 5.82. The van der Waals surface area contributed by atoms with Crippen LogP contribution < -0.4 is 10.6 Å². The lowest BCUT2D eigenvalue weighted by atomic mass is 10.5. The Morgan fingerprint density at radius 1 is 1.77 bits per heavy atom. The predicted octanol–water partition coefficient (Wildman–Crippen LogP) is 0.231. The van der Waals surface area contributed by atoms with Gasteiger partial charge in [-0.2, -0.15) is 5.10 Å². The lowest BCUT2D eigenvalue weighted by Crippen LogP contribution is -2.25. The molecule has 0 fully saturated rings. The van der Waals surface area contributed by atoms with E-state index in [2.05, 4.69) is 15.7 Å². The van der Waals surface area contributed by atoms with E-state index in [4.69, 9.17) is 11.6 Å². The van der Waals surface area contributed by atoms with Gasteiger partial charge in [-0.3, -0.25) is 9.48 Å². The number of aromatic nitrogens is 2. The van der Waals surface area contributed by atoms with Gasteiger partial charge in [0.2, 0.25) is 5.91 Å². The first-order valence-corrected chi connectivity index (χ1v) is 4.15. The molecule has 1 aromatic rings. The maximum absolute atomic E-state index is 11.1. The van der Waals surface area contributed by atoms with Crippen LogP contribution in [0.1, 0.15) is 0 Å². The Morgan fingerprint density at radius 3 is 2.92 bits per heavy atom. The quantitative estimate of drug-likeness (QED) is 0.738. The number of anilines is 1. The van der Waals surface area contributed by atoms with Gasteiger partial charge in [0.05, 0.1) is 18.4 Å². The Bertz CT molecular complexity index is 309. The number of carbonyl (C=O) groups excluding carboxylic acids is 1. The van der Waals surface area contributed by atoms with Crippen molar-refractivity contribution in [2.45, 2.75) is 0 Å². The molecule has 1 heterocycles. The molecule has 72 valence electrons. The molecule has 13 heavy (non-hydrogen) atoms. The molecule has 0 unspecified atom stereocenters. The fraction of sp³-hybridized carbons (Fsp3) is 0.429. The number of carbonyl (C=O) groups is 1. The number of hydrogen-bond acceptors (Lipinski definition) is 3. The van der Waals surface area contributed by atoms with Crippen LogP contribution in [0.25, 0.3) is 0 Å². The Balaban J connectivity index is 2.64. The minimum absolute atomic E-state index is 0.141. The molecule has 0 spiro atoms. The molecule has 0 aromatic carbocycles. The zero-order valence-electron chi connectivity index (χ0n) is 7.47. The van der Waals surface area contributed by atoms with Crippen LogP contribution in [0, 0.1) is 0 Å². The van der Waals surface area contributed by atoms with Gasteiger partial charge < -0.3 is 10.6 Å². The van der Waals surface area contributed by atoms with Gasteiger partial charge in [-0.1, -0.05) is 11.6 Å². The highest BCUT2D eigenvalue weighted by molar-refractivity contribution is 6.32. The van der Waals surface area contributed by atoms with Crippen molar-refractivity contribution in [1.82, 2.24) is 15.1 Å². The molecular formula is C7H11ClN4O. The highest BCUT2D eigenvalue weighted by Crippen LogP contribution is 2.19. The minimum atomic E-state index is -0.141. The molecule has 2 N–H and O–H groups in total. The first-order valence-electron chi connectivity index (χ1n) is 3.77. The maximum atomic E-state index is 11.1. The van der Waals surface area contributed by atoms with Gasteiger partial charge >= 0.3 is 0 Å². The lowest BCUT2D eigenvalue weighted by molar-refractivity contribution is -0.115. The van der Waals surface area contributed by atoms with E-state index in [1.807, 2.05) is 0 Å². The van der Waals surface area contributed by atoms with Gasteiger partial charge in [-0.05, 0) is 7.05 Å². The standard InChI is InChI=1S/C7H11ClN4O/c1-9-4-6(13)11-5-3-10-12(2)7(5)8/h3,9H,4H2,1-2H3,(H,11,13). The summed E-state index contributed by atoms with van der Waals surface area (Å²) in [5.41, 5.74) is 0.532. The first-order chi connectivity index (χ1) is 6.15. The van der Waals surface area contributed by atoms with E-state index >= 15 is 0 Å². The van der Waals surface area contributed by atoms with E-state index in [0.29, 0.717) is 10.8 Å². The molecule has 1 rings (SSSR count). The van der Waals surface area contributed by atoms with Gasteiger partial charge in [-0.25, -0.2) is 0 Å². The maximum Gasteiger partial charge on any atom is 0.238 e. The number of hydrogen-bond donors (Lipinski definition) is 2. The minimum Gasteiger partial charge on any atom is -0.321 e. The Kier molecular flexibility index (Phi) is 3.27. The summed E-state index contributed by atoms with van der Waals surface area (Å²) in [6.07, 6.45) is 1.51. The zero-order chi connectivity index (χ0) is 9.84. The number of nitrogens with zero attached hydrogens (tertiary/aromatic N) is 2. The molecule has 6 heteroatoms. The highest BCUT2D eigenvalue weighted by atomic mass is 35.5. The van der Waals surface area contributed by atoms with Gasteiger partial charge in [0.1, 0.15) is 5.15 Å². The van der Waals surface area contributed by atoms with Crippen LogP contribution in [0.5, 0.6) is 0 Å². The second kappa shape index (κ2) is 4.25. The summed E-state index contributed by atoms with van der Waals surface area (Å²) in [6, 6.07) is 0. The van der Waals surface area contributed by atoms with Crippen molar-refractivity contribution in [2.75, 3.05) is 18.9 Å². The molecule has 1 aromatic heterocycles. The van der Waals surface area contributed by atoms with E-state index in [1.54, 1.807) is 14.1 Å². The summed E-state index contributed by atoms with van der Waals surface area (Å²) < 4.78 is 1.48. The summed E-state index contributed by atoms with van der Waals surface area (Å²) in [6.45, 7) is 0.255. The Morgan fingerprint density at radius 2 is 2.46 bits per heavy atom. The third kappa shape index (κ3) is 2.43. The average molecular weight is 203 g/mol. The Hall–Kier alpha value is -1.07. The number of aryl methyl sites for hydroxylation is 1. The monoisotopic (exact) mass is 202 g/mol. The number of nitrogens with one attached hydrogen (secondary N) is 2. The predicted molar refractivity (Wildman–Crippen MR) is 50.8 cm³/mol. The van der Waals surface area contributed by atoms with Crippen molar-refractivity contribution < 1.29 is 4.79 Å². The number of likely N-dealkylation sites (N-methyl/N-ethyl adjacent to an activating group) is 1. The van der Waals surface area contributed by atoms with Crippen LogP contribution in [-0.2, 0) is 11.8 Å². The third-order valence-corrected chi connectivity index (χ3v) is 1.93. The Labute approximate surface area is 81.1 Å². The van der Waals surface area contributed by atoms with Crippen LogP contribution in [0.4, 0.5) is 5.69 Å². The number of halogens is 1. The second-order valence-corrected chi connectivity index (χ2v) is 2.91. The topological polar surface area (TPSA) is 59.0 Å². The van der Waals surface area contributed by atoms with E-state index < -0.39 is 0 Å². The van der Waals surface area contributed by atoms with Gasteiger partial charge in [0.15, 0.2) is 0 Å². The van der Waals surface area contributed by atoms with Crippen molar-refractivity contribution in [2.24, 2.45) is 7.05 Å². The third-order valence-electron chi connectivity index (χ3n) is 1.48. The van der Waals surface area contributed by atoms with Gasteiger partial charge in [0, 0.05) is 7.05 Å². The van der Waals surface area contributed by atoms with Crippen LogP contribution >= 0.6 is 11.6 Å². The molecule has 0 saturated carbocycles. The number of rotatable bonds is 3. The molecule has 0 saturated heterocycles. The summed E-state index contributed by atoms with van der Waals surface area (Å²) in [4.78, 5) is 11.1. The first kappa shape index (κ1) is 10.0. The lowest BCUT2D eigenvalue weighted by Gasteiger charge is -2.01. The molecule has 0 aliphatic rings. The fourth-order valence-corrected chi connectivity index (χ4v) is 1.00. The van der Waals surface area contributed by atoms with E-state index in [1.165, 1.54) is 10.9 Å². The van der Waals surface area contributed by atoms with Crippen molar-refractivity contribution in [1.29, 1.82) is 0 Å². The molecule has 0 bridgehead atoms. The molecular weight excluding hydrogens is 192 g/mol. The average Bonchev–Trinajstić information content (AvgIpc) is 2.37. The SMILES string of the molecule is CNCC(=O)Nc1cnn(C)c1Cl. The fourth-order valence-electron chi connectivity index (χ4n) is 0.861. The van der Waals surface area contributed by atoms with Crippen LogP contribution in [0.3, 0.4) is 0 Å². The van der Waals surface area contributed by atoms with Gasteiger partial charge in [0.25, 0.3) is 0 Å². The molecule has 0 atom stereocenters. The summed E-state index contributed by atoms with van der Waals surface area (Å²) in [7, 11) is 3.40. The van der Waals surface area contributed by atoms with Crippen molar-refractivity contribution >= 4 is 23.2 Å². The highest BCUT2D eigenvalue weighted by Gasteiger charge is 2.07.